The molecule has 5 nitrogen and oxygen atoms in total. The van der Waals surface area contributed by atoms with Gasteiger partial charge in [0.15, 0.2) is 0 Å². The minimum atomic E-state index is -0.788. The Bertz CT molecular complexity index is 600. The first kappa shape index (κ1) is 13.0. The number of aryl methyl sites for hydroxylation is 1. The van der Waals surface area contributed by atoms with Crippen LogP contribution >= 0.6 is 0 Å². The van der Waals surface area contributed by atoms with Crippen LogP contribution in [0.4, 0.5) is 4.79 Å². The minimum absolute atomic E-state index is 0.617. The average Bonchev–Trinajstić information content (AvgIpc) is 2.89. The quantitative estimate of drug-likeness (QED) is 0.935. The molecule has 0 aliphatic carbocycles. The van der Waals surface area contributed by atoms with Crippen LogP contribution < -0.4 is 0 Å². The molecule has 20 heavy (non-hydrogen) atoms. The van der Waals surface area contributed by atoms with Crippen molar-refractivity contribution >= 4 is 17.1 Å². The van der Waals surface area contributed by atoms with Crippen LogP contribution in [0, 0.1) is 5.92 Å². The van der Waals surface area contributed by atoms with Gasteiger partial charge >= 0.3 is 6.09 Å². The van der Waals surface area contributed by atoms with Crippen molar-refractivity contribution in [3.63, 3.8) is 0 Å². The fourth-order valence-corrected chi connectivity index (χ4v) is 2.94. The zero-order valence-corrected chi connectivity index (χ0v) is 11.4. The van der Waals surface area contributed by atoms with Crippen molar-refractivity contribution in [1.29, 1.82) is 0 Å². The second-order valence-electron chi connectivity index (χ2n) is 5.43. The Kier molecular flexibility index (Phi) is 3.58. The van der Waals surface area contributed by atoms with Crippen molar-refractivity contribution < 1.29 is 9.90 Å². The molecular weight excluding hydrogens is 254 g/mol. The number of aromatic nitrogens is 2. The Hall–Kier alpha value is -2.04. The van der Waals surface area contributed by atoms with E-state index in [4.69, 9.17) is 5.11 Å². The predicted octanol–water partition coefficient (Wildman–Crippen LogP) is 2.82. The van der Waals surface area contributed by atoms with Crippen LogP contribution in [-0.4, -0.2) is 38.7 Å². The molecule has 3 rings (SSSR count). The lowest BCUT2D eigenvalue weighted by Crippen LogP contribution is -2.37. The molecule has 1 saturated heterocycles. The molecule has 1 aliphatic rings. The van der Waals surface area contributed by atoms with Crippen molar-refractivity contribution in [2.45, 2.75) is 25.8 Å². The Morgan fingerprint density at radius 2 is 2.15 bits per heavy atom. The van der Waals surface area contributed by atoms with Gasteiger partial charge in [-0.05, 0) is 43.4 Å². The highest BCUT2D eigenvalue weighted by Gasteiger charge is 2.22. The minimum Gasteiger partial charge on any atom is -0.465 e. The molecule has 0 unspecified atom stereocenters. The number of hydrogen-bond donors (Lipinski definition) is 1. The fourth-order valence-electron chi connectivity index (χ4n) is 2.94. The molecule has 1 fully saturated rings. The number of carbonyl (C=O) groups is 1. The second-order valence-corrected chi connectivity index (χ2v) is 5.43. The molecule has 1 aliphatic heterocycles. The SMILES string of the molecule is O=C(O)N1CCC(CCn2ccc3cccnc32)CC1. The smallest absolute Gasteiger partial charge is 0.407 e. The van der Waals surface area contributed by atoms with Gasteiger partial charge in [0.2, 0.25) is 0 Å². The molecule has 1 amide bonds. The van der Waals surface area contributed by atoms with Crippen LogP contribution in [-0.2, 0) is 6.54 Å². The van der Waals surface area contributed by atoms with Crippen LogP contribution in [0.1, 0.15) is 19.3 Å². The van der Waals surface area contributed by atoms with Gasteiger partial charge in [-0.25, -0.2) is 9.78 Å². The van der Waals surface area contributed by atoms with E-state index < -0.39 is 6.09 Å². The summed E-state index contributed by atoms with van der Waals surface area (Å²) < 4.78 is 2.19. The summed E-state index contributed by atoms with van der Waals surface area (Å²) >= 11 is 0. The topological polar surface area (TPSA) is 58.4 Å². The first-order valence-corrected chi connectivity index (χ1v) is 7.12. The molecule has 106 valence electrons. The third-order valence-electron chi connectivity index (χ3n) is 4.19. The third kappa shape index (κ3) is 2.61. The van der Waals surface area contributed by atoms with Crippen LogP contribution in [0.3, 0.4) is 0 Å². The van der Waals surface area contributed by atoms with Crippen LogP contribution in [0.25, 0.3) is 11.0 Å². The number of nitrogens with zero attached hydrogens (tertiary/aromatic N) is 3. The summed E-state index contributed by atoms with van der Waals surface area (Å²) in [6.45, 7) is 2.30. The van der Waals surface area contributed by atoms with E-state index >= 15 is 0 Å². The van der Waals surface area contributed by atoms with Gasteiger partial charge in [0.1, 0.15) is 5.65 Å². The highest BCUT2D eigenvalue weighted by atomic mass is 16.4. The zero-order valence-electron chi connectivity index (χ0n) is 11.4. The van der Waals surface area contributed by atoms with Crippen molar-refractivity contribution in [3.8, 4) is 0 Å². The molecule has 2 aromatic heterocycles. The van der Waals surface area contributed by atoms with E-state index in [1.54, 1.807) is 0 Å². The third-order valence-corrected chi connectivity index (χ3v) is 4.19. The molecule has 1 N–H and O–H groups in total. The summed E-state index contributed by atoms with van der Waals surface area (Å²) in [6.07, 6.45) is 6.16. The van der Waals surface area contributed by atoms with Gasteiger partial charge in [0.05, 0.1) is 0 Å². The van der Waals surface area contributed by atoms with Gasteiger partial charge in [0.25, 0.3) is 0 Å². The summed E-state index contributed by atoms with van der Waals surface area (Å²) in [5, 5.41) is 10.1. The predicted molar refractivity (Wildman–Crippen MR) is 76.7 cm³/mol. The van der Waals surface area contributed by atoms with E-state index in [0.29, 0.717) is 19.0 Å². The average molecular weight is 273 g/mol. The number of rotatable bonds is 3. The Balaban J connectivity index is 1.57. The Morgan fingerprint density at radius 1 is 1.35 bits per heavy atom. The summed E-state index contributed by atoms with van der Waals surface area (Å²) in [4.78, 5) is 16.8. The van der Waals surface area contributed by atoms with E-state index in [1.165, 1.54) is 10.3 Å². The first-order chi connectivity index (χ1) is 9.74. The van der Waals surface area contributed by atoms with Crippen molar-refractivity contribution in [2.75, 3.05) is 13.1 Å². The molecule has 0 spiro atoms. The molecule has 2 aromatic rings. The number of amides is 1. The van der Waals surface area contributed by atoms with E-state index in [0.717, 1.165) is 31.5 Å². The zero-order chi connectivity index (χ0) is 13.9. The van der Waals surface area contributed by atoms with E-state index in [1.807, 2.05) is 12.3 Å². The lowest BCUT2D eigenvalue weighted by Gasteiger charge is -2.30. The Morgan fingerprint density at radius 3 is 2.90 bits per heavy atom. The molecule has 0 bridgehead atoms. The van der Waals surface area contributed by atoms with Gasteiger partial charge in [-0.15, -0.1) is 0 Å². The number of carboxylic acid groups (broad SMARTS) is 1. The highest BCUT2D eigenvalue weighted by Crippen LogP contribution is 2.22. The largest absolute Gasteiger partial charge is 0.465 e. The number of fused-ring (bicyclic) bond motifs is 1. The molecule has 0 saturated carbocycles. The first-order valence-electron chi connectivity index (χ1n) is 7.12. The highest BCUT2D eigenvalue weighted by molar-refractivity contribution is 5.75. The van der Waals surface area contributed by atoms with Crippen molar-refractivity contribution in [2.24, 2.45) is 5.92 Å². The maximum atomic E-state index is 10.9. The number of pyridine rings is 1. The second kappa shape index (κ2) is 5.53. The molecule has 3 heterocycles. The number of piperidine rings is 1. The van der Waals surface area contributed by atoms with Gasteiger partial charge in [-0.2, -0.15) is 0 Å². The summed E-state index contributed by atoms with van der Waals surface area (Å²) in [5.41, 5.74) is 1.04. The fraction of sp³-hybridized carbons (Fsp3) is 0.467. The van der Waals surface area contributed by atoms with Gasteiger partial charge in [-0.1, -0.05) is 0 Å². The normalized spacial score (nSPS) is 16.7. The van der Waals surface area contributed by atoms with E-state index in [2.05, 4.69) is 27.9 Å². The van der Waals surface area contributed by atoms with Crippen LogP contribution in [0.5, 0.6) is 0 Å². The van der Waals surface area contributed by atoms with Gasteiger partial charge in [-0.3, -0.25) is 0 Å². The Labute approximate surface area is 117 Å². The standard InChI is InChI=1S/C15H19N3O2/c19-15(20)18-9-4-12(5-10-18)3-8-17-11-6-13-2-1-7-16-14(13)17/h1-2,6-7,11-12H,3-5,8-10H2,(H,19,20). The molecule has 0 aromatic carbocycles. The van der Waals surface area contributed by atoms with Crippen LogP contribution in [0.2, 0.25) is 0 Å². The molecule has 0 radical (unpaired) electrons. The lowest BCUT2D eigenvalue weighted by molar-refractivity contribution is 0.122. The van der Waals surface area contributed by atoms with Gasteiger partial charge in [0, 0.05) is 37.4 Å². The number of likely N-dealkylation sites (tertiary alicyclic amines) is 1. The summed E-state index contributed by atoms with van der Waals surface area (Å²) in [7, 11) is 0. The van der Waals surface area contributed by atoms with E-state index in [-0.39, 0.29) is 0 Å². The van der Waals surface area contributed by atoms with E-state index in [9.17, 15) is 4.79 Å². The lowest BCUT2D eigenvalue weighted by atomic mass is 9.94. The monoisotopic (exact) mass is 273 g/mol. The van der Waals surface area contributed by atoms with Crippen molar-refractivity contribution in [3.05, 3.63) is 30.6 Å². The number of hydrogen-bond acceptors (Lipinski definition) is 2. The van der Waals surface area contributed by atoms with Crippen molar-refractivity contribution in [1.82, 2.24) is 14.5 Å². The summed E-state index contributed by atoms with van der Waals surface area (Å²) in [5.74, 6) is 0.617. The molecule has 0 atom stereocenters. The maximum absolute atomic E-state index is 10.9. The molecular formula is C15H19N3O2. The van der Waals surface area contributed by atoms with Crippen LogP contribution in [0.15, 0.2) is 30.6 Å². The maximum Gasteiger partial charge on any atom is 0.407 e. The summed E-state index contributed by atoms with van der Waals surface area (Å²) in [6, 6.07) is 6.12. The molecule has 5 heteroatoms. The van der Waals surface area contributed by atoms with Gasteiger partial charge < -0.3 is 14.6 Å².